The van der Waals surface area contributed by atoms with E-state index in [1.807, 2.05) is 24.3 Å². The zero-order valence-electron chi connectivity index (χ0n) is 15.1. The lowest BCUT2D eigenvalue weighted by atomic mass is 10.2. The molecule has 0 atom stereocenters. The number of thioether (sulfide) groups is 1. The lowest BCUT2D eigenvalue weighted by Crippen LogP contribution is -2.30. The van der Waals surface area contributed by atoms with E-state index in [0.717, 1.165) is 22.8 Å². The van der Waals surface area contributed by atoms with E-state index in [1.54, 1.807) is 12.1 Å². The molecule has 0 bridgehead atoms. The lowest BCUT2D eigenvalue weighted by Gasteiger charge is -2.27. The molecule has 7 heteroatoms. The van der Waals surface area contributed by atoms with Gasteiger partial charge in [0.15, 0.2) is 0 Å². The molecule has 1 N–H and O–H groups in total. The minimum atomic E-state index is -0.441. The molecule has 2 aromatic carbocycles. The summed E-state index contributed by atoms with van der Waals surface area (Å²) in [7, 11) is 0. The number of nitrogens with one attached hydrogen (secondary N) is 1. The van der Waals surface area contributed by atoms with Crippen molar-refractivity contribution in [1.82, 2.24) is 0 Å². The molecule has 1 amide bonds. The highest BCUT2D eigenvalue weighted by Gasteiger charge is 2.09. The first-order valence-electron chi connectivity index (χ1n) is 8.44. The van der Waals surface area contributed by atoms with Crippen molar-refractivity contribution in [1.29, 1.82) is 0 Å². The van der Waals surface area contributed by atoms with Crippen LogP contribution in [0.25, 0.3) is 0 Å². The molecule has 2 rings (SSSR count). The first-order valence-corrected chi connectivity index (χ1v) is 9.43. The van der Waals surface area contributed by atoms with Gasteiger partial charge >= 0.3 is 0 Å². The largest absolute Gasteiger partial charge is 0.369 e. The topological polar surface area (TPSA) is 75.5 Å². The van der Waals surface area contributed by atoms with Gasteiger partial charge in [0.1, 0.15) is 0 Å². The number of hydrogen-bond donors (Lipinski definition) is 1. The van der Waals surface area contributed by atoms with Gasteiger partial charge in [0, 0.05) is 41.0 Å². The van der Waals surface area contributed by atoms with Crippen molar-refractivity contribution in [3.63, 3.8) is 0 Å². The average molecular weight is 373 g/mol. The maximum absolute atomic E-state index is 12.1. The summed E-state index contributed by atoms with van der Waals surface area (Å²) in [4.78, 5) is 25.4. The van der Waals surface area contributed by atoms with E-state index in [1.165, 1.54) is 23.9 Å². The van der Waals surface area contributed by atoms with Crippen LogP contribution >= 0.6 is 11.8 Å². The SMILES string of the molecule is CCN(c1ccc(NC(=O)CSc2ccc([N+](=O)[O-])cc2)cc1)C(C)C. The van der Waals surface area contributed by atoms with E-state index in [-0.39, 0.29) is 17.3 Å². The summed E-state index contributed by atoms with van der Waals surface area (Å²) < 4.78 is 0. The average Bonchev–Trinajstić information content (AvgIpc) is 2.62. The second-order valence-corrected chi connectivity index (χ2v) is 7.06. The fraction of sp³-hybridized carbons (Fsp3) is 0.316. The van der Waals surface area contributed by atoms with Crippen molar-refractivity contribution in [2.24, 2.45) is 0 Å². The van der Waals surface area contributed by atoms with Crippen LogP contribution in [0.2, 0.25) is 0 Å². The summed E-state index contributed by atoms with van der Waals surface area (Å²) in [6, 6.07) is 14.4. The zero-order valence-corrected chi connectivity index (χ0v) is 16.0. The third kappa shape index (κ3) is 5.49. The Morgan fingerprint density at radius 2 is 1.77 bits per heavy atom. The van der Waals surface area contributed by atoms with Crippen molar-refractivity contribution in [2.75, 3.05) is 22.5 Å². The molecular formula is C19H23N3O3S. The molecule has 0 spiro atoms. The lowest BCUT2D eigenvalue weighted by molar-refractivity contribution is -0.384. The number of carbonyl (C=O) groups is 1. The summed E-state index contributed by atoms with van der Waals surface area (Å²) in [6.45, 7) is 7.34. The molecule has 26 heavy (non-hydrogen) atoms. The van der Waals surface area contributed by atoms with Crippen LogP contribution in [0.15, 0.2) is 53.4 Å². The molecule has 0 aliphatic rings. The number of non-ortho nitro benzene ring substituents is 1. The van der Waals surface area contributed by atoms with Crippen LogP contribution in [0.3, 0.4) is 0 Å². The monoisotopic (exact) mass is 373 g/mol. The Kier molecular flexibility index (Phi) is 7.03. The number of anilines is 2. The number of nitro benzene ring substituents is 1. The molecule has 0 aliphatic heterocycles. The van der Waals surface area contributed by atoms with E-state index >= 15 is 0 Å². The third-order valence-electron chi connectivity index (χ3n) is 3.86. The van der Waals surface area contributed by atoms with Crippen molar-refractivity contribution < 1.29 is 9.72 Å². The second-order valence-electron chi connectivity index (χ2n) is 6.01. The quantitative estimate of drug-likeness (QED) is 0.417. The van der Waals surface area contributed by atoms with Crippen molar-refractivity contribution >= 4 is 34.7 Å². The number of rotatable bonds is 8. The Morgan fingerprint density at radius 1 is 1.15 bits per heavy atom. The predicted octanol–water partition coefficient (Wildman–Crippen LogP) is 4.56. The van der Waals surface area contributed by atoms with Crippen molar-refractivity contribution in [2.45, 2.75) is 31.7 Å². The maximum atomic E-state index is 12.1. The minimum Gasteiger partial charge on any atom is -0.369 e. The maximum Gasteiger partial charge on any atom is 0.269 e. The molecule has 0 aliphatic carbocycles. The van der Waals surface area contributed by atoms with Crippen LogP contribution in [-0.2, 0) is 4.79 Å². The molecule has 6 nitrogen and oxygen atoms in total. The summed E-state index contributed by atoms with van der Waals surface area (Å²) in [5.74, 6) is 0.129. The fourth-order valence-corrected chi connectivity index (χ4v) is 3.29. The Balaban J connectivity index is 1.88. The Labute approximate surface area is 157 Å². The van der Waals surface area contributed by atoms with Gasteiger partial charge in [0.25, 0.3) is 5.69 Å². The molecule has 0 aromatic heterocycles. The van der Waals surface area contributed by atoms with Crippen LogP contribution in [-0.4, -0.2) is 29.2 Å². The molecule has 0 saturated heterocycles. The van der Waals surface area contributed by atoms with Gasteiger partial charge < -0.3 is 10.2 Å². The Bertz CT molecular complexity index is 746. The van der Waals surface area contributed by atoms with Crippen LogP contribution in [0, 0.1) is 10.1 Å². The van der Waals surface area contributed by atoms with Gasteiger partial charge in [-0.15, -0.1) is 11.8 Å². The Morgan fingerprint density at radius 3 is 2.27 bits per heavy atom. The summed E-state index contributed by atoms with van der Waals surface area (Å²) in [6.07, 6.45) is 0. The van der Waals surface area contributed by atoms with E-state index in [2.05, 4.69) is 31.0 Å². The predicted molar refractivity (Wildman–Crippen MR) is 107 cm³/mol. The van der Waals surface area contributed by atoms with Crippen LogP contribution in [0.4, 0.5) is 17.1 Å². The van der Waals surface area contributed by atoms with E-state index in [0.29, 0.717) is 6.04 Å². The molecule has 2 aromatic rings. The number of nitro groups is 1. The molecule has 0 radical (unpaired) electrons. The Hall–Kier alpha value is -2.54. The standard InChI is InChI=1S/C19H23N3O3S/c1-4-21(14(2)3)16-7-5-15(6-8-16)20-19(23)13-26-18-11-9-17(10-12-18)22(24)25/h5-12,14H,4,13H2,1-3H3,(H,20,23). The van der Waals surface area contributed by atoms with E-state index in [9.17, 15) is 14.9 Å². The third-order valence-corrected chi connectivity index (χ3v) is 4.88. The molecule has 0 fully saturated rings. The number of benzene rings is 2. The fourth-order valence-electron chi connectivity index (χ4n) is 2.59. The first kappa shape index (κ1) is 19.8. The highest BCUT2D eigenvalue weighted by Crippen LogP contribution is 2.23. The van der Waals surface area contributed by atoms with E-state index < -0.39 is 4.92 Å². The van der Waals surface area contributed by atoms with E-state index in [4.69, 9.17) is 0 Å². The van der Waals surface area contributed by atoms with Crippen molar-refractivity contribution in [3.8, 4) is 0 Å². The van der Waals surface area contributed by atoms with Gasteiger partial charge in [-0.3, -0.25) is 14.9 Å². The molecule has 0 saturated carbocycles. The molecular weight excluding hydrogens is 350 g/mol. The van der Waals surface area contributed by atoms with Crippen LogP contribution < -0.4 is 10.2 Å². The van der Waals surface area contributed by atoms with Gasteiger partial charge in [0.2, 0.25) is 5.91 Å². The summed E-state index contributed by atoms with van der Waals surface area (Å²) in [5.41, 5.74) is 1.92. The second kappa shape index (κ2) is 9.24. The summed E-state index contributed by atoms with van der Waals surface area (Å²) in [5, 5.41) is 13.5. The minimum absolute atomic E-state index is 0.0430. The molecule has 0 heterocycles. The van der Waals surface area contributed by atoms with Crippen LogP contribution in [0.1, 0.15) is 20.8 Å². The van der Waals surface area contributed by atoms with Crippen molar-refractivity contribution in [3.05, 3.63) is 58.6 Å². The van der Waals surface area contributed by atoms with Gasteiger partial charge in [-0.25, -0.2) is 0 Å². The van der Waals surface area contributed by atoms with Gasteiger partial charge in [-0.05, 0) is 57.2 Å². The van der Waals surface area contributed by atoms with Crippen LogP contribution in [0.5, 0.6) is 0 Å². The number of carbonyl (C=O) groups excluding carboxylic acids is 1. The summed E-state index contributed by atoms with van der Waals surface area (Å²) >= 11 is 1.34. The highest BCUT2D eigenvalue weighted by atomic mass is 32.2. The number of hydrogen-bond acceptors (Lipinski definition) is 5. The number of amides is 1. The zero-order chi connectivity index (χ0) is 19.1. The van der Waals surface area contributed by atoms with Gasteiger partial charge in [-0.1, -0.05) is 0 Å². The smallest absolute Gasteiger partial charge is 0.269 e. The highest BCUT2D eigenvalue weighted by molar-refractivity contribution is 8.00. The number of nitrogens with zero attached hydrogens (tertiary/aromatic N) is 2. The van der Waals surface area contributed by atoms with Gasteiger partial charge in [0.05, 0.1) is 10.7 Å². The van der Waals surface area contributed by atoms with Gasteiger partial charge in [-0.2, -0.15) is 0 Å². The first-order chi connectivity index (χ1) is 12.4. The normalized spacial score (nSPS) is 10.6. The molecule has 0 unspecified atom stereocenters. The molecule has 138 valence electrons.